The van der Waals surface area contributed by atoms with Crippen molar-refractivity contribution < 1.29 is 4.79 Å². The fraction of sp³-hybridized carbons (Fsp3) is 0.400. The summed E-state index contributed by atoms with van der Waals surface area (Å²) in [6.45, 7) is 3.86. The number of amides is 1. The quantitative estimate of drug-likeness (QED) is 0.723. The van der Waals surface area contributed by atoms with Crippen LogP contribution >= 0.6 is 11.6 Å². The summed E-state index contributed by atoms with van der Waals surface area (Å²) in [6, 6.07) is 3.48. The second-order valence-corrected chi connectivity index (χ2v) is 4.06. The summed E-state index contributed by atoms with van der Waals surface area (Å²) < 4.78 is 0. The lowest BCUT2D eigenvalue weighted by molar-refractivity contribution is -0.120. The standard InChI is InChI=1S/C10H11ClN2O/c1-3-10(2)8-6(12-9(10)14)4-5-7(11)13-8/h4-5H,3H2,1-2H3,(H,12,14). The van der Waals surface area contributed by atoms with Gasteiger partial charge in [0.15, 0.2) is 0 Å². The zero-order valence-corrected chi connectivity index (χ0v) is 8.85. The van der Waals surface area contributed by atoms with Gasteiger partial charge in [0.25, 0.3) is 0 Å². The highest BCUT2D eigenvalue weighted by Gasteiger charge is 2.42. The van der Waals surface area contributed by atoms with E-state index in [0.29, 0.717) is 5.15 Å². The van der Waals surface area contributed by atoms with Crippen LogP contribution in [-0.2, 0) is 10.2 Å². The minimum absolute atomic E-state index is 0.00441. The van der Waals surface area contributed by atoms with Crippen LogP contribution in [-0.4, -0.2) is 10.9 Å². The lowest BCUT2D eigenvalue weighted by atomic mass is 9.85. The summed E-state index contributed by atoms with van der Waals surface area (Å²) in [5.41, 5.74) is 1.02. The molecule has 4 heteroatoms. The van der Waals surface area contributed by atoms with E-state index in [2.05, 4.69) is 10.3 Å². The van der Waals surface area contributed by atoms with Gasteiger partial charge in [-0.15, -0.1) is 0 Å². The molecule has 0 aromatic carbocycles. The van der Waals surface area contributed by atoms with Gasteiger partial charge in [0.05, 0.1) is 16.8 Å². The van der Waals surface area contributed by atoms with E-state index in [-0.39, 0.29) is 5.91 Å². The lowest BCUT2D eigenvalue weighted by Gasteiger charge is -2.18. The molecule has 0 bridgehead atoms. The first-order valence-electron chi connectivity index (χ1n) is 4.56. The number of aromatic nitrogens is 1. The Morgan fingerprint density at radius 1 is 1.57 bits per heavy atom. The number of carbonyl (C=O) groups is 1. The molecule has 74 valence electrons. The molecule has 0 radical (unpaired) electrons. The van der Waals surface area contributed by atoms with Crippen LogP contribution < -0.4 is 5.32 Å². The van der Waals surface area contributed by atoms with Gasteiger partial charge in [-0.25, -0.2) is 4.98 Å². The van der Waals surface area contributed by atoms with Gasteiger partial charge in [-0.05, 0) is 25.5 Å². The molecule has 0 fully saturated rings. The van der Waals surface area contributed by atoms with Gasteiger partial charge in [-0.1, -0.05) is 18.5 Å². The summed E-state index contributed by atoms with van der Waals surface area (Å²) in [4.78, 5) is 15.9. The molecule has 2 rings (SSSR count). The van der Waals surface area contributed by atoms with Crippen LogP contribution in [0.1, 0.15) is 26.0 Å². The summed E-state index contributed by atoms with van der Waals surface area (Å²) >= 11 is 5.81. The SMILES string of the molecule is CCC1(C)C(=O)Nc2ccc(Cl)nc21. The van der Waals surface area contributed by atoms with Crippen LogP contribution in [0.2, 0.25) is 5.15 Å². The van der Waals surface area contributed by atoms with Crippen molar-refractivity contribution in [3.05, 3.63) is 23.0 Å². The van der Waals surface area contributed by atoms with Crippen LogP contribution in [0.15, 0.2) is 12.1 Å². The molecule has 14 heavy (non-hydrogen) atoms. The molecule has 1 aromatic rings. The maximum atomic E-state index is 11.7. The van der Waals surface area contributed by atoms with Crippen LogP contribution in [0.25, 0.3) is 0 Å². The Kier molecular flexibility index (Phi) is 2.00. The van der Waals surface area contributed by atoms with Crippen molar-refractivity contribution in [1.82, 2.24) is 4.98 Å². The Balaban J connectivity index is 2.61. The number of hydrogen-bond acceptors (Lipinski definition) is 2. The molecule has 0 aliphatic carbocycles. The Hall–Kier alpha value is -1.09. The monoisotopic (exact) mass is 210 g/mol. The van der Waals surface area contributed by atoms with E-state index in [1.807, 2.05) is 13.8 Å². The molecule has 0 saturated carbocycles. The summed E-state index contributed by atoms with van der Waals surface area (Å²) in [6.07, 6.45) is 0.721. The number of nitrogens with one attached hydrogen (secondary N) is 1. The molecule has 1 amide bonds. The average molecular weight is 211 g/mol. The van der Waals surface area contributed by atoms with Crippen molar-refractivity contribution in [2.75, 3.05) is 5.32 Å². The molecule has 2 heterocycles. The third-order valence-corrected chi connectivity index (χ3v) is 3.05. The van der Waals surface area contributed by atoms with Crippen LogP contribution in [0.5, 0.6) is 0 Å². The van der Waals surface area contributed by atoms with Gasteiger partial charge >= 0.3 is 0 Å². The Morgan fingerprint density at radius 3 is 2.93 bits per heavy atom. The highest BCUT2D eigenvalue weighted by Crippen LogP contribution is 2.38. The van der Waals surface area contributed by atoms with E-state index in [1.54, 1.807) is 12.1 Å². The second kappa shape index (κ2) is 2.95. The number of fused-ring (bicyclic) bond motifs is 1. The number of carbonyl (C=O) groups excluding carboxylic acids is 1. The Labute approximate surface area is 87.5 Å². The van der Waals surface area contributed by atoms with Crippen molar-refractivity contribution in [3.8, 4) is 0 Å². The van der Waals surface area contributed by atoms with E-state index in [9.17, 15) is 4.79 Å². The van der Waals surface area contributed by atoms with Crippen LogP contribution in [0.4, 0.5) is 5.69 Å². The number of hydrogen-bond donors (Lipinski definition) is 1. The maximum Gasteiger partial charge on any atom is 0.236 e. The van der Waals surface area contributed by atoms with Crippen molar-refractivity contribution >= 4 is 23.2 Å². The number of rotatable bonds is 1. The molecule has 1 unspecified atom stereocenters. The molecule has 0 spiro atoms. The summed E-state index contributed by atoms with van der Waals surface area (Å²) in [7, 11) is 0. The highest BCUT2D eigenvalue weighted by atomic mass is 35.5. The van der Waals surface area contributed by atoms with Crippen molar-refractivity contribution in [1.29, 1.82) is 0 Å². The summed E-state index contributed by atoms with van der Waals surface area (Å²) in [5, 5.41) is 3.24. The van der Waals surface area contributed by atoms with Gasteiger partial charge in [0.1, 0.15) is 5.15 Å². The predicted molar refractivity (Wildman–Crippen MR) is 55.5 cm³/mol. The van der Waals surface area contributed by atoms with Gasteiger partial charge in [-0.3, -0.25) is 4.79 Å². The van der Waals surface area contributed by atoms with Gasteiger partial charge < -0.3 is 5.32 Å². The fourth-order valence-corrected chi connectivity index (χ4v) is 1.80. The topological polar surface area (TPSA) is 42.0 Å². The van der Waals surface area contributed by atoms with E-state index < -0.39 is 5.41 Å². The number of anilines is 1. The fourth-order valence-electron chi connectivity index (χ4n) is 1.65. The normalized spacial score (nSPS) is 24.6. The first-order chi connectivity index (χ1) is 6.58. The summed E-state index contributed by atoms with van der Waals surface area (Å²) in [5.74, 6) is 0.00441. The van der Waals surface area contributed by atoms with Gasteiger partial charge in [0, 0.05) is 0 Å². The van der Waals surface area contributed by atoms with Crippen molar-refractivity contribution in [3.63, 3.8) is 0 Å². The Morgan fingerprint density at radius 2 is 2.29 bits per heavy atom. The van der Waals surface area contributed by atoms with Crippen LogP contribution in [0, 0.1) is 0 Å². The third kappa shape index (κ3) is 1.12. The average Bonchev–Trinajstić information content (AvgIpc) is 2.41. The largest absolute Gasteiger partial charge is 0.324 e. The number of nitrogens with zero attached hydrogens (tertiary/aromatic N) is 1. The van der Waals surface area contributed by atoms with E-state index in [1.165, 1.54) is 0 Å². The minimum atomic E-state index is -0.528. The first kappa shape index (κ1) is 9.46. The van der Waals surface area contributed by atoms with E-state index >= 15 is 0 Å². The van der Waals surface area contributed by atoms with Gasteiger partial charge in [-0.2, -0.15) is 0 Å². The molecule has 1 aromatic heterocycles. The molecule has 0 saturated heterocycles. The Bertz CT molecular complexity index is 405. The predicted octanol–water partition coefficient (Wildman–Crippen LogP) is 2.35. The number of halogens is 1. The minimum Gasteiger partial charge on any atom is -0.324 e. The molecule has 1 N–H and O–H groups in total. The van der Waals surface area contributed by atoms with E-state index in [0.717, 1.165) is 17.8 Å². The highest BCUT2D eigenvalue weighted by molar-refractivity contribution is 6.29. The zero-order valence-electron chi connectivity index (χ0n) is 8.10. The maximum absolute atomic E-state index is 11.7. The van der Waals surface area contributed by atoms with Crippen molar-refractivity contribution in [2.24, 2.45) is 0 Å². The molecular formula is C10H11ClN2O. The molecule has 1 aliphatic rings. The lowest BCUT2D eigenvalue weighted by Crippen LogP contribution is -2.30. The van der Waals surface area contributed by atoms with Gasteiger partial charge in [0.2, 0.25) is 5.91 Å². The van der Waals surface area contributed by atoms with Crippen LogP contribution in [0.3, 0.4) is 0 Å². The zero-order chi connectivity index (χ0) is 10.3. The van der Waals surface area contributed by atoms with Crippen molar-refractivity contribution in [2.45, 2.75) is 25.7 Å². The molecular weight excluding hydrogens is 200 g/mol. The smallest absolute Gasteiger partial charge is 0.236 e. The van der Waals surface area contributed by atoms with E-state index in [4.69, 9.17) is 11.6 Å². The first-order valence-corrected chi connectivity index (χ1v) is 4.94. The molecule has 3 nitrogen and oxygen atoms in total. The molecule has 1 aliphatic heterocycles. The third-order valence-electron chi connectivity index (χ3n) is 2.84. The molecule has 1 atom stereocenters. The number of pyridine rings is 1. The second-order valence-electron chi connectivity index (χ2n) is 3.67.